The van der Waals surface area contributed by atoms with E-state index in [0.29, 0.717) is 12.8 Å². The van der Waals surface area contributed by atoms with Gasteiger partial charge in [-0.05, 0) is 18.4 Å². The first kappa shape index (κ1) is 13.2. The van der Waals surface area contributed by atoms with Crippen LogP contribution >= 0.6 is 0 Å². The van der Waals surface area contributed by atoms with E-state index in [1.807, 2.05) is 37.3 Å². The van der Waals surface area contributed by atoms with Gasteiger partial charge in [-0.25, -0.2) is 0 Å². The summed E-state index contributed by atoms with van der Waals surface area (Å²) in [7, 11) is 0. The molecule has 2 atom stereocenters. The molecule has 90 valence electrons. The van der Waals surface area contributed by atoms with Crippen molar-refractivity contribution < 1.29 is 9.90 Å². The molecule has 0 bridgehead atoms. The summed E-state index contributed by atoms with van der Waals surface area (Å²) in [6.07, 6.45) is 0.963. The Morgan fingerprint density at radius 2 is 2.06 bits per heavy atom. The van der Waals surface area contributed by atoms with E-state index in [-0.39, 0.29) is 0 Å². The van der Waals surface area contributed by atoms with E-state index < -0.39 is 17.3 Å². The van der Waals surface area contributed by atoms with Crippen molar-refractivity contribution in [2.45, 2.75) is 32.1 Å². The predicted octanol–water partition coefficient (Wildman–Crippen LogP) is 2.97. The van der Waals surface area contributed by atoms with E-state index in [0.717, 1.165) is 5.56 Å². The largest absolute Gasteiger partial charge is 0.481 e. The molecule has 3 heteroatoms. The van der Waals surface area contributed by atoms with Crippen molar-refractivity contribution >= 4 is 5.97 Å². The average Bonchev–Trinajstić information content (AvgIpc) is 2.36. The molecule has 0 spiro atoms. The van der Waals surface area contributed by atoms with Gasteiger partial charge in [-0.1, -0.05) is 44.2 Å². The van der Waals surface area contributed by atoms with Crippen LogP contribution < -0.4 is 0 Å². The second-order valence-corrected chi connectivity index (χ2v) is 4.36. The number of benzene rings is 1. The summed E-state index contributed by atoms with van der Waals surface area (Å²) >= 11 is 0. The van der Waals surface area contributed by atoms with Crippen molar-refractivity contribution in [3.8, 4) is 6.07 Å². The van der Waals surface area contributed by atoms with Crippen LogP contribution in [0.15, 0.2) is 30.3 Å². The highest BCUT2D eigenvalue weighted by molar-refractivity contribution is 5.69. The molecule has 0 fully saturated rings. The molecule has 1 rings (SSSR count). The fraction of sp³-hybridized carbons (Fsp3) is 0.429. The molecule has 17 heavy (non-hydrogen) atoms. The lowest BCUT2D eigenvalue weighted by molar-refractivity contribution is -0.141. The van der Waals surface area contributed by atoms with Crippen LogP contribution in [0.25, 0.3) is 0 Å². The SMILES string of the molecule is CCC(C#N)(CC(C)C(=O)O)c1ccccc1. The van der Waals surface area contributed by atoms with Crippen LogP contribution in [0.4, 0.5) is 0 Å². The first-order valence-electron chi connectivity index (χ1n) is 5.75. The van der Waals surface area contributed by atoms with E-state index in [1.54, 1.807) is 6.92 Å². The maximum atomic E-state index is 10.9. The normalized spacial score (nSPS) is 15.6. The Bertz CT molecular complexity index is 422. The number of hydrogen-bond acceptors (Lipinski definition) is 2. The Hall–Kier alpha value is -1.82. The molecule has 1 N–H and O–H groups in total. The van der Waals surface area contributed by atoms with Gasteiger partial charge in [0.05, 0.1) is 17.4 Å². The van der Waals surface area contributed by atoms with Gasteiger partial charge in [-0.15, -0.1) is 0 Å². The summed E-state index contributed by atoms with van der Waals surface area (Å²) in [5.74, 6) is -1.37. The van der Waals surface area contributed by atoms with Crippen LogP contribution in [-0.2, 0) is 10.2 Å². The maximum absolute atomic E-state index is 10.9. The van der Waals surface area contributed by atoms with Crippen LogP contribution in [0.5, 0.6) is 0 Å². The minimum absolute atomic E-state index is 0.347. The quantitative estimate of drug-likeness (QED) is 0.847. The van der Waals surface area contributed by atoms with Crippen molar-refractivity contribution in [1.29, 1.82) is 5.26 Å². The van der Waals surface area contributed by atoms with Crippen molar-refractivity contribution in [1.82, 2.24) is 0 Å². The van der Waals surface area contributed by atoms with Gasteiger partial charge in [0.2, 0.25) is 0 Å². The second-order valence-electron chi connectivity index (χ2n) is 4.36. The zero-order chi connectivity index (χ0) is 12.9. The molecule has 1 aromatic carbocycles. The molecule has 0 aromatic heterocycles. The number of nitrogens with zero attached hydrogens (tertiary/aromatic N) is 1. The zero-order valence-corrected chi connectivity index (χ0v) is 10.2. The highest BCUT2D eigenvalue weighted by Gasteiger charge is 2.34. The number of nitriles is 1. The average molecular weight is 231 g/mol. The molecular formula is C14H17NO2. The van der Waals surface area contributed by atoms with Crippen LogP contribution in [0.3, 0.4) is 0 Å². The van der Waals surface area contributed by atoms with Crippen molar-refractivity contribution in [3.05, 3.63) is 35.9 Å². The number of carbonyl (C=O) groups is 1. The minimum atomic E-state index is -0.853. The summed E-state index contributed by atoms with van der Waals surface area (Å²) in [5, 5.41) is 18.4. The Morgan fingerprint density at radius 3 is 2.47 bits per heavy atom. The van der Waals surface area contributed by atoms with E-state index in [9.17, 15) is 10.1 Å². The minimum Gasteiger partial charge on any atom is -0.481 e. The van der Waals surface area contributed by atoms with E-state index in [1.165, 1.54) is 0 Å². The van der Waals surface area contributed by atoms with Gasteiger partial charge in [0.15, 0.2) is 0 Å². The number of hydrogen-bond donors (Lipinski definition) is 1. The Balaban J connectivity index is 3.07. The Labute approximate surface area is 102 Å². The molecule has 0 amide bonds. The van der Waals surface area contributed by atoms with Crippen LogP contribution in [0.2, 0.25) is 0 Å². The lowest BCUT2D eigenvalue weighted by Gasteiger charge is -2.27. The fourth-order valence-electron chi connectivity index (χ4n) is 2.02. The third-order valence-electron chi connectivity index (χ3n) is 3.22. The molecule has 0 heterocycles. The lowest BCUT2D eigenvalue weighted by Crippen LogP contribution is -2.28. The molecule has 0 aliphatic heterocycles. The number of rotatable bonds is 5. The molecule has 0 saturated carbocycles. The summed E-state index contributed by atoms with van der Waals surface area (Å²) in [5.41, 5.74) is 0.206. The molecule has 0 radical (unpaired) electrons. The highest BCUT2D eigenvalue weighted by Crippen LogP contribution is 2.34. The Morgan fingerprint density at radius 1 is 1.47 bits per heavy atom. The Kier molecular flexibility index (Phi) is 4.28. The van der Waals surface area contributed by atoms with E-state index >= 15 is 0 Å². The molecule has 0 aliphatic carbocycles. The van der Waals surface area contributed by atoms with Crippen molar-refractivity contribution in [3.63, 3.8) is 0 Å². The third kappa shape index (κ3) is 2.85. The van der Waals surface area contributed by atoms with Crippen LogP contribution in [0, 0.1) is 17.2 Å². The van der Waals surface area contributed by atoms with Crippen molar-refractivity contribution in [2.75, 3.05) is 0 Å². The second kappa shape index (κ2) is 5.49. The van der Waals surface area contributed by atoms with Crippen LogP contribution in [-0.4, -0.2) is 11.1 Å². The molecular weight excluding hydrogens is 214 g/mol. The number of aliphatic carboxylic acids is 1. The van der Waals surface area contributed by atoms with Gasteiger partial charge >= 0.3 is 5.97 Å². The van der Waals surface area contributed by atoms with Gasteiger partial charge < -0.3 is 5.11 Å². The molecule has 2 unspecified atom stereocenters. The molecule has 1 aromatic rings. The summed E-state index contributed by atoms with van der Waals surface area (Å²) in [6, 6.07) is 11.7. The van der Waals surface area contributed by atoms with E-state index in [2.05, 4.69) is 6.07 Å². The maximum Gasteiger partial charge on any atom is 0.306 e. The van der Waals surface area contributed by atoms with Gasteiger partial charge in [0.1, 0.15) is 0 Å². The standard InChI is InChI=1S/C14H17NO2/c1-3-14(10-15,9-11(2)13(16)17)12-7-5-4-6-8-12/h4-8,11H,3,9H2,1-2H3,(H,16,17). The van der Waals surface area contributed by atoms with Gasteiger partial charge in [0.25, 0.3) is 0 Å². The summed E-state index contributed by atoms with van der Waals surface area (Å²) < 4.78 is 0. The topological polar surface area (TPSA) is 61.1 Å². The first-order valence-corrected chi connectivity index (χ1v) is 5.75. The summed E-state index contributed by atoms with van der Waals surface area (Å²) in [4.78, 5) is 10.9. The van der Waals surface area contributed by atoms with Gasteiger partial charge in [-0.3, -0.25) is 4.79 Å². The van der Waals surface area contributed by atoms with Gasteiger partial charge in [-0.2, -0.15) is 5.26 Å². The molecule has 0 saturated heterocycles. The van der Waals surface area contributed by atoms with Gasteiger partial charge in [0, 0.05) is 0 Å². The number of carboxylic acids is 1. The predicted molar refractivity (Wildman–Crippen MR) is 65.4 cm³/mol. The zero-order valence-electron chi connectivity index (χ0n) is 10.2. The van der Waals surface area contributed by atoms with Crippen LogP contribution in [0.1, 0.15) is 32.3 Å². The first-order chi connectivity index (χ1) is 8.05. The monoisotopic (exact) mass is 231 g/mol. The van der Waals surface area contributed by atoms with E-state index in [4.69, 9.17) is 5.11 Å². The highest BCUT2D eigenvalue weighted by atomic mass is 16.4. The third-order valence-corrected chi connectivity index (χ3v) is 3.22. The molecule has 3 nitrogen and oxygen atoms in total. The summed E-state index contributed by atoms with van der Waals surface area (Å²) in [6.45, 7) is 3.57. The smallest absolute Gasteiger partial charge is 0.306 e. The number of carboxylic acid groups (broad SMARTS) is 1. The van der Waals surface area contributed by atoms with Crippen molar-refractivity contribution in [2.24, 2.45) is 5.92 Å². The molecule has 0 aliphatic rings. The lowest BCUT2D eigenvalue weighted by atomic mass is 9.73. The fourth-order valence-corrected chi connectivity index (χ4v) is 2.02.